The van der Waals surface area contributed by atoms with Gasteiger partial charge in [-0.1, -0.05) is 12.1 Å². The van der Waals surface area contributed by atoms with Crippen LogP contribution in [0.1, 0.15) is 12.2 Å². The number of aliphatic hydroxyl groups excluding tert-OH is 1. The lowest BCUT2D eigenvalue weighted by molar-refractivity contribution is 0.138. The van der Waals surface area contributed by atoms with Gasteiger partial charge in [0.25, 0.3) is 0 Å². The van der Waals surface area contributed by atoms with Crippen molar-refractivity contribution in [2.45, 2.75) is 25.5 Å². The molecule has 1 atom stereocenters. The van der Waals surface area contributed by atoms with E-state index in [0.717, 1.165) is 17.8 Å². The van der Waals surface area contributed by atoms with Crippen molar-refractivity contribution < 1.29 is 10.2 Å². The Bertz CT molecular complexity index is 550. The van der Waals surface area contributed by atoms with E-state index in [-0.39, 0.29) is 11.9 Å². The third-order valence-corrected chi connectivity index (χ3v) is 2.95. The van der Waals surface area contributed by atoms with Gasteiger partial charge >= 0.3 is 0 Å². The van der Waals surface area contributed by atoms with Crippen LogP contribution in [0, 0.1) is 0 Å². The molecule has 1 aliphatic heterocycles. The SMILES string of the molecule is Oc1cccc(-c2nc3n(n2)CCC(O)C3)c1. The van der Waals surface area contributed by atoms with E-state index < -0.39 is 0 Å². The average Bonchev–Trinajstić information content (AvgIpc) is 2.72. The molecule has 0 aliphatic carbocycles. The monoisotopic (exact) mass is 231 g/mol. The molecule has 88 valence electrons. The molecule has 1 aromatic carbocycles. The normalized spacial score (nSPS) is 19.0. The topological polar surface area (TPSA) is 71.2 Å². The zero-order valence-corrected chi connectivity index (χ0v) is 9.24. The lowest BCUT2D eigenvalue weighted by Crippen LogP contribution is -2.23. The average molecular weight is 231 g/mol. The summed E-state index contributed by atoms with van der Waals surface area (Å²) in [6, 6.07) is 6.87. The fourth-order valence-electron chi connectivity index (χ4n) is 2.06. The van der Waals surface area contributed by atoms with Gasteiger partial charge in [-0.3, -0.25) is 0 Å². The molecule has 0 bridgehead atoms. The zero-order chi connectivity index (χ0) is 11.8. The Morgan fingerprint density at radius 2 is 2.24 bits per heavy atom. The van der Waals surface area contributed by atoms with Crippen LogP contribution in [0.15, 0.2) is 24.3 Å². The Labute approximate surface area is 98.4 Å². The van der Waals surface area contributed by atoms with Gasteiger partial charge in [0.1, 0.15) is 11.6 Å². The first-order valence-corrected chi connectivity index (χ1v) is 5.63. The number of fused-ring (bicyclic) bond motifs is 1. The van der Waals surface area contributed by atoms with E-state index in [0.29, 0.717) is 18.8 Å². The van der Waals surface area contributed by atoms with Gasteiger partial charge < -0.3 is 10.2 Å². The minimum absolute atomic E-state index is 0.204. The number of nitrogens with zero attached hydrogens (tertiary/aromatic N) is 3. The largest absolute Gasteiger partial charge is 0.508 e. The maximum absolute atomic E-state index is 9.56. The number of aromatic nitrogens is 3. The maximum Gasteiger partial charge on any atom is 0.181 e. The molecular formula is C12H13N3O2. The quantitative estimate of drug-likeness (QED) is 0.766. The zero-order valence-electron chi connectivity index (χ0n) is 9.24. The molecule has 2 N–H and O–H groups in total. The Morgan fingerprint density at radius 1 is 1.35 bits per heavy atom. The molecule has 5 nitrogen and oxygen atoms in total. The second kappa shape index (κ2) is 3.85. The first kappa shape index (κ1) is 10.3. The molecule has 0 radical (unpaired) electrons. The number of aromatic hydroxyl groups is 1. The molecule has 1 aliphatic rings. The van der Waals surface area contributed by atoms with Crippen molar-refractivity contribution in [3.05, 3.63) is 30.1 Å². The smallest absolute Gasteiger partial charge is 0.181 e. The van der Waals surface area contributed by atoms with Crippen LogP contribution in [0.3, 0.4) is 0 Å². The summed E-state index contributed by atoms with van der Waals surface area (Å²) in [5.41, 5.74) is 0.793. The number of aliphatic hydroxyl groups is 1. The van der Waals surface area contributed by atoms with Crippen molar-refractivity contribution in [2.75, 3.05) is 0 Å². The number of aryl methyl sites for hydroxylation is 1. The van der Waals surface area contributed by atoms with Crippen LogP contribution in [0.2, 0.25) is 0 Å². The first-order chi connectivity index (χ1) is 8.22. The van der Waals surface area contributed by atoms with Crippen LogP contribution in [0.4, 0.5) is 0 Å². The molecule has 0 saturated heterocycles. The molecule has 0 amide bonds. The van der Waals surface area contributed by atoms with Crippen LogP contribution in [-0.2, 0) is 13.0 Å². The Kier molecular flexibility index (Phi) is 2.33. The van der Waals surface area contributed by atoms with Crippen molar-refractivity contribution in [1.29, 1.82) is 0 Å². The lowest BCUT2D eigenvalue weighted by Gasteiger charge is -2.16. The predicted molar refractivity (Wildman–Crippen MR) is 61.5 cm³/mol. The van der Waals surface area contributed by atoms with Gasteiger partial charge in [-0.25, -0.2) is 9.67 Å². The van der Waals surface area contributed by atoms with Gasteiger partial charge in [0, 0.05) is 18.5 Å². The van der Waals surface area contributed by atoms with E-state index in [9.17, 15) is 10.2 Å². The molecule has 1 aromatic heterocycles. The molecule has 0 saturated carbocycles. The highest BCUT2D eigenvalue weighted by molar-refractivity contribution is 5.56. The number of phenolic OH excluding ortho intramolecular Hbond substituents is 1. The Morgan fingerprint density at radius 3 is 3.06 bits per heavy atom. The Balaban J connectivity index is 2.00. The van der Waals surface area contributed by atoms with Crippen molar-refractivity contribution >= 4 is 0 Å². The Hall–Kier alpha value is -1.88. The van der Waals surface area contributed by atoms with Crippen molar-refractivity contribution in [2.24, 2.45) is 0 Å². The van der Waals surface area contributed by atoms with E-state index >= 15 is 0 Å². The predicted octanol–water partition coefficient (Wildman–Crippen LogP) is 0.958. The van der Waals surface area contributed by atoms with Crippen molar-refractivity contribution in [3.63, 3.8) is 0 Å². The third kappa shape index (κ3) is 1.89. The van der Waals surface area contributed by atoms with Gasteiger partial charge in [-0.2, -0.15) is 5.10 Å². The second-order valence-corrected chi connectivity index (χ2v) is 4.27. The molecule has 17 heavy (non-hydrogen) atoms. The molecule has 2 aromatic rings. The van der Waals surface area contributed by atoms with Crippen LogP contribution in [0.5, 0.6) is 5.75 Å². The standard InChI is InChI=1S/C12H13N3O2/c16-9-3-1-2-8(6-9)12-13-11-7-10(17)4-5-15(11)14-12/h1-3,6,10,16-17H,4-5,7H2. The summed E-state index contributed by atoms with van der Waals surface area (Å²) < 4.78 is 1.83. The molecule has 0 fully saturated rings. The molecule has 0 spiro atoms. The number of phenols is 1. The van der Waals surface area contributed by atoms with Gasteiger partial charge in [-0.15, -0.1) is 0 Å². The molecule has 1 unspecified atom stereocenters. The maximum atomic E-state index is 9.56. The first-order valence-electron chi connectivity index (χ1n) is 5.63. The molecular weight excluding hydrogens is 218 g/mol. The number of rotatable bonds is 1. The van der Waals surface area contributed by atoms with Gasteiger partial charge in [0.2, 0.25) is 0 Å². The molecule has 3 rings (SSSR count). The third-order valence-electron chi connectivity index (χ3n) is 2.95. The fourth-order valence-corrected chi connectivity index (χ4v) is 2.06. The highest BCUT2D eigenvalue weighted by atomic mass is 16.3. The van der Waals surface area contributed by atoms with Crippen molar-refractivity contribution in [3.8, 4) is 17.1 Å². The van der Waals surface area contributed by atoms with E-state index in [4.69, 9.17) is 0 Å². The van der Waals surface area contributed by atoms with E-state index in [1.165, 1.54) is 0 Å². The fraction of sp³-hybridized carbons (Fsp3) is 0.333. The van der Waals surface area contributed by atoms with Crippen LogP contribution >= 0.6 is 0 Å². The van der Waals surface area contributed by atoms with Crippen LogP contribution in [-0.4, -0.2) is 31.1 Å². The summed E-state index contributed by atoms with van der Waals surface area (Å²) >= 11 is 0. The summed E-state index contributed by atoms with van der Waals surface area (Å²) in [7, 11) is 0. The van der Waals surface area contributed by atoms with E-state index in [1.54, 1.807) is 18.2 Å². The molecule has 5 heteroatoms. The lowest BCUT2D eigenvalue weighted by atomic mass is 10.1. The second-order valence-electron chi connectivity index (χ2n) is 4.27. The minimum atomic E-state index is -0.316. The van der Waals surface area contributed by atoms with E-state index in [1.807, 2.05) is 10.7 Å². The minimum Gasteiger partial charge on any atom is -0.508 e. The van der Waals surface area contributed by atoms with Gasteiger partial charge in [-0.05, 0) is 18.6 Å². The van der Waals surface area contributed by atoms with Crippen LogP contribution < -0.4 is 0 Å². The summed E-state index contributed by atoms with van der Waals surface area (Å²) in [6.07, 6.45) is 0.950. The van der Waals surface area contributed by atoms with E-state index in [2.05, 4.69) is 10.1 Å². The number of benzene rings is 1. The van der Waals surface area contributed by atoms with Crippen LogP contribution in [0.25, 0.3) is 11.4 Å². The summed E-state index contributed by atoms with van der Waals surface area (Å²) in [5, 5.41) is 23.4. The summed E-state index contributed by atoms with van der Waals surface area (Å²) in [5.74, 6) is 1.61. The van der Waals surface area contributed by atoms with Gasteiger partial charge in [0.05, 0.1) is 6.10 Å². The summed E-state index contributed by atoms with van der Waals surface area (Å²) in [4.78, 5) is 4.39. The van der Waals surface area contributed by atoms with Crippen molar-refractivity contribution in [1.82, 2.24) is 14.8 Å². The summed E-state index contributed by atoms with van der Waals surface area (Å²) in [6.45, 7) is 0.697. The highest BCUT2D eigenvalue weighted by Gasteiger charge is 2.20. The molecule has 2 heterocycles. The number of hydrogen-bond acceptors (Lipinski definition) is 4. The number of hydrogen-bond donors (Lipinski definition) is 2. The van der Waals surface area contributed by atoms with Gasteiger partial charge in [0.15, 0.2) is 5.82 Å². The highest BCUT2D eigenvalue weighted by Crippen LogP contribution is 2.22.